The normalized spacial score (nSPS) is 16.4. The van der Waals surface area contributed by atoms with E-state index in [0.29, 0.717) is 46.5 Å². The summed E-state index contributed by atoms with van der Waals surface area (Å²) in [6.45, 7) is 8.81. The van der Waals surface area contributed by atoms with Gasteiger partial charge < -0.3 is 5.32 Å². The third-order valence-corrected chi connectivity index (χ3v) is 8.81. The Morgan fingerprint density at radius 1 is 0.745 bits per heavy atom. The average molecular weight is 713 g/mol. The molecule has 2 nitrogen and oxygen atoms in total. The average Bonchev–Trinajstić information content (AvgIpc) is 3.76. The minimum Gasteiger partial charge on any atom is -0.401 e. The first-order chi connectivity index (χ1) is 23.8. The molecule has 1 aromatic heterocycles. The molecule has 3 aromatic rings. The number of halogens is 9. The summed E-state index contributed by atoms with van der Waals surface area (Å²) in [4.78, 5) is 0. The highest BCUT2D eigenvalue weighted by atomic mass is 19.4. The molecule has 5 rings (SSSR count). The fraction of sp³-hybridized carbons (Fsp3) is 0.231. The number of allylic oxidation sites excluding steroid dienone is 3. The Bertz CT molecular complexity index is 1760. The van der Waals surface area contributed by atoms with Crippen LogP contribution in [0.1, 0.15) is 66.3 Å². The number of rotatable bonds is 8. The van der Waals surface area contributed by atoms with Gasteiger partial charge in [-0.15, -0.1) is 5.58 Å². The second-order valence-corrected chi connectivity index (χ2v) is 12.6. The van der Waals surface area contributed by atoms with Crippen LogP contribution in [0.25, 0.3) is 17.2 Å². The lowest BCUT2D eigenvalue weighted by Crippen LogP contribution is -2.45. The van der Waals surface area contributed by atoms with E-state index in [4.69, 9.17) is 0 Å². The second-order valence-electron chi connectivity index (χ2n) is 12.6. The van der Waals surface area contributed by atoms with Crippen molar-refractivity contribution in [2.45, 2.75) is 59.6 Å². The van der Waals surface area contributed by atoms with Crippen molar-refractivity contribution in [3.8, 4) is 11.2 Å². The van der Waals surface area contributed by atoms with Crippen molar-refractivity contribution >= 4 is 18.0 Å². The number of aromatic nitrogens is 1. The van der Waals surface area contributed by atoms with E-state index in [1.165, 1.54) is 12.1 Å². The van der Waals surface area contributed by atoms with Crippen LogP contribution in [0.5, 0.6) is 0 Å². The Morgan fingerprint density at radius 2 is 1.27 bits per heavy atom. The van der Waals surface area contributed by atoms with Gasteiger partial charge in [-0.05, 0) is 110 Å². The van der Waals surface area contributed by atoms with Crippen LogP contribution in [0.2, 0.25) is 0 Å². The van der Waals surface area contributed by atoms with E-state index in [1.54, 1.807) is 115 Å². The molecular weight excluding hydrogens is 678 g/mol. The van der Waals surface area contributed by atoms with Crippen molar-refractivity contribution in [1.82, 2.24) is 0 Å². The van der Waals surface area contributed by atoms with E-state index in [0.717, 1.165) is 5.57 Å². The van der Waals surface area contributed by atoms with Crippen molar-refractivity contribution in [3.63, 3.8) is 0 Å². The van der Waals surface area contributed by atoms with Crippen molar-refractivity contribution < 1.29 is 44.1 Å². The molecule has 1 heterocycles. The maximum Gasteiger partial charge on any atom is 0.416 e. The highest BCUT2D eigenvalue weighted by molar-refractivity contribution is 6.74. The van der Waals surface area contributed by atoms with Gasteiger partial charge in [-0.3, -0.25) is 0 Å². The molecule has 0 saturated heterocycles. The highest BCUT2D eigenvalue weighted by Gasteiger charge is 2.44. The molecule has 10 radical (unpaired) electrons. The van der Waals surface area contributed by atoms with Crippen LogP contribution in [-0.2, 0) is 18.5 Å². The predicted octanol–water partition coefficient (Wildman–Crippen LogP) is 10.9. The van der Waals surface area contributed by atoms with Gasteiger partial charge in [0.2, 0.25) is 5.69 Å². The molecule has 12 heteroatoms. The molecule has 0 unspecified atom stereocenters. The molecule has 2 saturated carbocycles. The summed E-state index contributed by atoms with van der Waals surface area (Å²) in [5.74, 6) is 1.23. The van der Waals surface area contributed by atoms with E-state index in [2.05, 4.69) is 5.32 Å². The Labute approximate surface area is 293 Å². The van der Waals surface area contributed by atoms with Crippen LogP contribution in [0, 0.1) is 77.0 Å². The minimum absolute atomic E-state index is 0.0326. The van der Waals surface area contributed by atoms with Gasteiger partial charge in [-0.2, -0.15) is 45.0 Å². The molecule has 2 aliphatic carbocycles. The number of hydrogen-bond acceptors (Lipinski definition) is 1. The zero-order valence-corrected chi connectivity index (χ0v) is 28.4. The smallest absolute Gasteiger partial charge is 0.401 e. The van der Waals surface area contributed by atoms with Gasteiger partial charge in [0.15, 0.2) is 5.69 Å². The fourth-order valence-electron chi connectivity index (χ4n) is 6.49. The third kappa shape index (κ3) is 8.25. The zero-order valence-electron chi connectivity index (χ0n) is 28.4. The summed E-state index contributed by atoms with van der Waals surface area (Å²) >= 11 is 0. The minimum atomic E-state index is -5.61. The number of aryl methyl sites for hydroxylation is 2. The van der Waals surface area contributed by atoms with Crippen molar-refractivity contribution in [1.29, 1.82) is 0 Å². The van der Waals surface area contributed by atoms with Crippen LogP contribution < -0.4 is 9.88 Å². The molecule has 0 spiro atoms. The third-order valence-electron chi connectivity index (χ3n) is 8.81. The molecule has 0 aliphatic heterocycles. The van der Waals surface area contributed by atoms with Crippen LogP contribution in [0.15, 0.2) is 53.7 Å². The maximum atomic E-state index is 15.1. The SMILES string of the molecule is CCC(Nc1cc([C]2[CH][CH][CH][CH]2)[n+](-c2c(C)cccc2C)c(/C=C/[C]2[CH][CH][CH][CH]2)[b-]1-c1c(C(F)(F)F)cc(C(F)(F)F)cc1C(F)(F)F)=C(C)C. The van der Waals surface area contributed by atoms with Crippen molar-refractivity contribution in [2.75, 3.05) is 5.32 Å². The second kappa shape index (κ2) is 14.8. The van der Waals surface area contributed by atoms with Crippen LogP contribution in [0.3, 0.4) is 0 Å². The van der Waals surface area contributed by atoms with Gasteiger partial charge in [-0.1, -0.05) is 36.8 Å². The van der Waals surface area contributed by atoms with Gasteiger partial charge in [0.1, 0.15) is 0 Å². The molecule has 0 atom stereocenters. The van der Waals surface area contributed by atoms with Gasteiger partial charge in [0, 0.05) is 45.8 Å². The number of alkyl halides is 9. The molecule has 1 N–H and O–H groups in total. The number of hydrogen-bond donors (Lipinski definition) is 1. The van der Waals surface area contributed by atoms with E-state index in [9.17, 15) is 13.2 Å². The van der Waals surface area contributed by atoms with Crippen molar-refractivity contribution in [2.24, 2.45) is 0 Å². The number of para-hydroxylation sites is 1. The molecule has 2 aliphatic rings. The van der Waals surface area contributed by atoms with Crippen LogP contribution in [-0.4, -0.2) is 6.34 Å². The topological polar surface area (TPSA) is 15.9 Å². The molecule has 51 heavy (non-hydrogen) atoms. The molecule has 2 aromatic carbocycles. The summed E-state index contributed by atoms with van der Waals surface area (Å²) < 4.78 is 134. The summed E-state index contributed by atoms with van der Waals surface area (Å²) in [7, 11) is 0. The monoisotopic (exact) mass is 712 g/mol. The standard InChI is InChI=1S/C39H33BF9N2/c1-6-31(23(2)3)50-33-22-32(27-16-9-10-17-27)51(36-24(4)12-11-13-25(36)5)34(19-18-26-14-7-8-15-26)40(33)35-29(38(44,45)46)20-28(37(41,42)43)21-30(35)39(47,48)49/h7-22H,6H2,1-5H3/q-1/p+1/b19-18+. The number of nitrogens with one attached hydrogen (secondary N) is 1. The Kier molecular flexibility index (Phi) is 11.2. The first-order valence-corrected chi connectivity index (χ1v) is 16.1. The largest absolute Gasteiger partial charge is 0.416 e. The number of benzene rings is 2. The lowest BCUT2D eigenvalue weighted by Gasteiger charge is -2.33. The molecule has 0 amide bonds. The zero-order chi connectivity index (χ0) is 37.5. The molecular formula is C39H34BF9N2. The molecule has 0 bridgehead atoms. The lowest BCUT2D eigenvalue weighted by molar-refractivity contribution is -0.601. The Balaban J connectivity index is 2.10. The van der Waals surface area contributed by atoms with Gasteiger partial charge >= 0.3 is 18.5 Å². The molecule has 266 valence electrons. The summed E-state index contributed by atoms with van der Waals surface area (Å²) in [5, 5.41) is 3.15. The van der Waals surface area contributed by atoms with Crippen molar-refractivity contribution in [3.05, 3.63) is 156 Å². The Hall–Kier alpha value is -3.57. The first-order valence-electron chi connectivity index (χ1n) is 16.1. The van der Waals surface area contributed by atoms with E-state index >= 15 is 26.3 Å². The van der Waals surface area contributed by atoms with Crippen LogP contribution >= 0.6 is 0 Å². The summed E-state index contributed by atoms with van der Waals surface area (Å²) in [6, 6.07) is 6.39. The number of anilines is 1. The lowest BCUT2D eigenvalue weighted by atomic mass is 9.51. The maximum absolute atomic E-state index is 15.1. The summed E-state index contributed by atoms with van der Waals surface area (Å²) in [6.07, 6.45) is -1.30. The molecule has 2 fully saturated rings. The van der Waals surface area contributed by atoms with Crippen LogP contribution in [0.4, 0.5) is 45.1 Å². The number of nitrogens with zero attached hydrogens (tertiary/aromatic N) is 1. The quantitative estimate of drug-likeness (QED) is 0.182. The fourth-order valence-corrected chi connectivity index (χ4v) is 6.49. The predicted molar refractivity (Wildman–Crippen MR) is 181 cm³/mol. The highest BCUT2D eigenvalue weighted by Crippen LogP contribution is 2.47. The summed E-state index contributed by atoms with van der Waals surface area (Å²) in [5.41, 5.74) is -4.03. The first kappa shape index (κ1) is 38.7. The van der Waals surface area contributed by atoms with Gasteiger partial charge in [-0.25, -0.2) is 4.57 Å². The van der Waals surface area contributed by atoms with E-state index < -0.39 is 47.0 Å². The van der Waals surface area contributed by atoms with E-state index in [-0.39, 0.29) is 23.3 Å². The Morgan fingerprint density at radius 3 is 1.75 bits per heavy atom. The van der Waals surface area contributed by atoms with E-state index in [1.807, 2.05) is 0 Å². The van der Waals surface area contributed by atoms with Gasteiger partial charge in [0.05, 0.1) is 11.5 Å². The van der Waals surface area contributed by atoms with Gasteiger partial charge in [0.25, 0.3) is 0 Å².